The van der Waals surface area contributed by atoms with Crippen molar-refractivity contribution >= 4 is 11.4 Å². The van der Waals surface area contributed by atoms with E-state index in [0.29, 0.717) is 18.2 Å². The van der Waals surface area contributed by atoms with E-state index in [-0.39, 0.29) is 0 Å². The summed E-state index contributed by atoms with van der Waals surface area (Å²) in [6.07, 6.45) is 3.49. The average Bonchev–Trinajstić information content (AvgIpc) is 2.49. The minimum Gasteiger partial charge on any atom is -0.396 e. The Kier molecular flexibility index (Phi) is 6.50. The summed E-state index contributed by atoms with van der Waals surface area (Å²) in [7, 11) is 0. The Morgan fingerprint density at radius 1 is 1.20 bits per heavy atom. The van der Waals surface area contributed by atoms with Crippen LogP contribution in [-0.4, -0.2) is 9.97 Å². The van der Waals surface area contributed by atoms with Gasteiger partial charge in [-0.15, -0.1) is 0 Å². The van der Waals surface area contributed by atoms with Crippen LogP contribution in [0.5, 0.6) is 0 Å². The molecule has 20 heavy (non-hydrogen) atoms. The SMILES string of the molecule is CC.CC(C)c1cc(NCc2ccccn2)c(N)cn1. The molecule has 0 unspecified atom stereocenters. The quantitative estimate of drug-likeness (QED) is 0.888. The third-order valence-corrected chi connectivity index (χ3v) is 2.73. The van der Waals surface area contributed by atoms with E-state index >= 15 is 0 Å². The lowest BCUT2D eigenvalue weighted by Gasteiger charge is -2.12. The third kappa shape index (κ3) is 4.53. The predicted octanol–water partition coefficient (Wildman–Crippen LogP) is 3.82. The molecule has 2 heterocycles. The molecule has 0 aliphatic carbocycles. The Balaban J connectivity index is 0.000000956. The van der Waals surface area contributed by atoms with Gasteiger partial charge in [-0.3, -0.25) is 9.97 Å². The molecule has 4 heteroatoms. The van der Waals surface area contributed by atoms with Gasteiger partial charge in [0, 0.05) is 11.9 Å². The second-order valence-corrected chi connectivity index (χ2v) is 4.53. The molecule has 3 N–H and O–H groups in total. The fourth-order valence-electron chi connectivity index (χ4n) is 1.64. The molecule has 2 rings (SSSR count). The van der Waals surface area contributed by atoms with Crippen molar-refractivity contribution in [2.75, 3.05) is 11.1 Å². The van der Waals surface area contributed by atoms with Gasteiger partial charge < -0.3 is 11.1 Å². The van der Waals surface area contributed by atoms with E-state index < -0.39 is 0 Å². The van der Waals surface area contributed by atoms with E-state index in [4.69, 9.17) is 5.73 Å². The molecule has 0 amide bonds. The molecule has 0 atom stereocenters. The van der Waals surface area contributed by atoms with Crippen molar-refractivity contribution in [2.24, 2.45) is 0 Å². The minimum atomic E-state index is 0.390. The van der Waals surface area contributed by atoms with Gasteiger partial charge in [0.1, 0.15) is 0 Å². The highest BCUT2D eigenvalue weighted by Crippen LogP contribution is 2.22. The second kappa shape index (κ2) is 8.15. The number of nitrogens with one attached hydrogen (secondary N) is 1. The van der Waals surface area contributed by atoms with Gasteiger partial charge in [-0.25, -0.2) is 0 Å². The van der Waals surface area contributed by atoms with Gasteiger partial charge in [-0.2, -0.15) is 0 Å². The molecule has 0 radical (unpaired) electrons. The summed E-state index contributed by atoms with van der Waals surface area (Å²) in [6, 6.07) is 7.86. The van der Waals surface area contributed by atoms with E-state index in [9.17, 15) is 0 Å². The number of nitrogens with zero attached hydrogens (tertiary/aromatic N) is 2. The van der Waals surface area contributed by atoms with Gasteiger partial charge in [0.05, 0.1) is 29.8 Å². The molecule has 0 aromatic carbocycles. The minimum absolute atomic E-state index is 0.390. The van der Waals surface area contributed by atoms with Crippen molar-refractivity contribution < 1.29 is 0 Å². The summed E-state index contributed by atoms with van der Waals surface area (Å²) in [4.78, 5) is 8.57. The lowest BCUT2D eigenvalue weighted by molar-refractivity contribution is 0.823. The van der Waals surface area contributed by atoms with Crippen molar-refractivity contribution in [3.63, 3.8) is 0 Å². The number of anilines is 2. The van der Waals surface area contributed by atoms with Gasteiger partial charge in [0.2, 0.25) is 0 Å². The molecule has 4 nitrogen and oxygen atoms in total. The van der Waals surface area contributed by atoms with Crippen molar-refractivity contribution in [3.05, 3.63) is 48.0 Å². The topological polar surface area (TPSA) is 63.8 Å². The average molecular weight is 272 g/mol. The highest BCUT2D eigenvalue weighted by Gasteiger charge is 2.05. The van der Waals surface area contributed by atoms with Crippen molar-refractivity contribution in [1.29, 1.82) is 0 Å². The highest BCUT2D eigenvalue weighted by atomic mass is 14.9. The molecule has 2 aromatic rings. The van der Waals surface area contributed by atoms with Crippen LogP contribution in [0.4, 0.5) is 11.4 Å². The second-order valence-electron chi connectivity index (χ2n) is 4.53. The molecule has 0 spiro atoms. The molecule has 0 aliphatic rings. The molecule has 0 fully saturated rings. The predicted molar refractivity (Wildman–Crippen MR) is 85.7 cm³/mol. The highest BCUT2D eigenvalue weighted by molar-refractivity contribution is 5.65. The van der Waals surface area contributed by atoms with Crippen LogP contribution in [0.3, 0.4) is 0 Å². The fourth-order valence-corrected chi connectivity index (χ4v) is 1.64. The number of hydrogen-bond acceptors (Lipinski definition) is 4. The first-order valence-corrected chi connectivity index (χ1v) is 7.06. The summed E-state index contributed by atoms with van der Waals surface area (Å²) in [5.41, 5.74) is 9.51. The Morgan fingerprint density at radius 3 is 2.55 bits per heavy atom. The lowest BCUT2D eigenvalue weighted by atomic mass is 10.1. The molecule has 0 saturated carbocycles. The first-order valence-electron chi connectivity index (χ1n) is 7.06. The van der Waals surface area contributed by atoms with Gasteiger partial charge in [0.25, 0.3) is 0 Å². The van der Waals surface area contributed by atoms with E-state index in [1.54, 1.807) is 12.4 Å². The van der Waals surface area contributed by atoms with Crippen LogP contribution >= 0.6 is 0 Å². The van der Waals surface area contributed by atoms with Crippen LogP contribution in [0, 0.1) is 0 Å². The zero-order valence-electron chi connectivity index (χ0n) is 12.7. The zero-order valence-corrected chi connectivity index (χ0v) is 12.7. The number of pyridine rings is 2. The standard InChI is InChI=1S/C14H18N4.C2H6/c1-10(2)13-7-14(12(15)9-18-13)17-8-11-5-3-4-6-16-11;1-2/h3-7,9-10H,8,15H2,1-2H3,(H,17,18);1-2H3. The smallest absolute Gasteiger partial charge is 0.0736 e. The van der Waals surface area contributed by atoms with Gasteiger partial charge in [0.15, 0.2) is 0 Å². The Labute approximate surface area is 121 Å². The van der Waals surface area contributed by atoms with Gasteiger partial charge >= 0.3 is 0 Å². The van der Waals surface area contributed by atoms with Crippen LogP contribution in [0.2, 0.25) is 0 Å². The molecular weight excluding hydrogens is 248 g/mol. The van der Waals surface area contributed by atoms with E-state index in [0.717, 1.165) is 17.1 Å². The van der Waals surface area contributed by atoms with Gasteiger partial charge in [-0.1, -0.05) is 33.8 Å². The molecule has 108 valence electrons. The van der Waals surface area contributed by atoms with Crippen LogP contribution in [0.1, 0.15) is 45.0 Å². The molecule has 0 aliphatic heterocycles. The van der Waals surface area contributed by atoms with Crippen LogP contribution in [-0.2, 0) is 6.54 Å². The van der Waals surface area contributed by atoms with Crippen molar-refractivity contribution in [1.82, 2.24) is 9.97 Å². The number of nitrogens with two attached hydrogens (primary N) is 1. The maximum absolute atomic E-state index is 5.91. The van der Waals surface area contributed by atoms with Crippen LogP contribution in [0.15, 0.2) is 36.7 Å². The Hall–Kier alpha value is -2.10. The van der Waals surface area contributed by atoms with Crippen LogP contribution < -0.4 is 11.1 Å². The maximum atomic E-state index is 5.91. The normalized spacial score (nSPS) is 9.85. The van der Waals surface area contributed by atoms with Crippen LogP contribution in [0.25, 0.3) is 0 Å². The van der Waals surface area contributed by atoms with Gasteiger partial charge in [-0.05, 0) is 24.1 Å². The number of hydrogen-bond donors (Lipinski definition) is 2. The monoisotopic (exact) mass is 272 g/mol. The number of nitrogen functional groups attached to an aromatic ring is 1. The largest absolute Gasteiger partial charge is 0.396 e. The number of aromatic nitrogens is 2. The van der Waals surface area contributed by atoms with E-state index in [1.165, 1.54) is 0 Å². The Bertz CT molecular complexity index is 509. The number of rotatable bonds is 4. The lowest BCUT2D eigenvalue weighted by Crippen LogP contribution is -2.05. The summed E-state index contributed by atoms with van der Waals surface area (Å²) in [5, 5.41) is 3.30. The molecule has 0 bridgehead atoms. The molecular formula is C16H24N4. The van der Waals surface area contributed by atoms with Crippen molar-refractivity contribution in [2.45, 2.75) is 40.2 Å². The zero-order chi connectivity index (χ0) is 15.0. The summed E-state index contributed by atoms with van der Waals surface area (Å²) in [6.45, 7) is 8.88. The van der Waals surface area contributed by atoms with E-state index in [1.807, 2.05) is 38.1 Å². The first kappa shape index (κ1) is 16.0. The fraction of sp³-hybridized carbons (Fsp3) is 0.375. The van der Waals surface area contributed by atoms with E-state index in [2.05, 4.69) is 29.1 Å². The molecule has 2 aromatic heterocycles. The van der Waals surface area contributed by atoms with Crippen molar-refractivity contribution in [3.8, 4) is 0 Å². The third-order valence-electron chi connectivity index (χ3n) is 2.73. The first-order chi connectivity index (χ1) is 9.66. The summed E-state index contributed by atoms with van der Waals surface area (Å²) < 4.78 is 0. The summed E-state index contributed by atoms with van der Waals surface area (Å²) >= 11 is 0. The summed E-state index contributed by atoms with van der Waals surface area (Å²) in [5.74, 6) is 0.390. The maximum Gasteiger partial charge on any atom is 0.0736 e. The Morgan fingerprint density at radius 2 is 1.95 bits per heavy atom. The molecule has 0 saturated heterocycles.